The van der Waals surface area contributed by atoms with Crippen molar-refractivity contribution in [1.82, 2.24) is 14.3 Å². The Hall–Kier alpha value is -1.42. The summed E-state index contributed by atoms with van der Waals surface area (Å²) in [5, 5.41) is 0. The molecule has 1 aliphatic heterocycles. The van der Waals surface area contributed by atoms with Crippen LogP contribution < -0.4 is 4.74 Å². The lowest BCUT2D eigenvalue weighted by Gasteiger charge is -2.31. The summed E-state index contributed by atoms with van der Waals surface area (Å²) in [7, 11) is -3.94. The molecule has 1 fully saturated rings. The highest BCUT2D eigenvalue weighted by Crippen LogP contribution is 2.23. The molecule has 0 aliphatic carbocycles. The van der Waals surface area contributed by atoms with Crippen LogP contribution in [0.4, 0.5) is 13.2 Å². The fraction of sp³-hybridized carbons (Fsp3) is 0.667. The molecule has 0 saturated carbocycles. The molecule has 1 unspecified atom stereocenters. The van der Waals surface area contributed by atoms with Crippen LogP contribution in [0.5, 0.6) is 5.88 Å². The molecule has 10 heteroatoms. The Bertz CT molecular complexity index is 580. The van der Waals surface area contributed by atoms with Gasteiger partial charge in [0.2, 0.25) is 15.9 Å². The zero-order valence-corrected chi connectivity index (χ0v) is 12.5. The predicted molar refractivity (Wildman–Crippen MR) is 71.7 cm³/mol. The number of halogens is 3. The topological polar surface area (TPSA) is 72.4 Å². The molecule has 22 heavy (non-hydrogen) atoms. The molecular weight excluding hydrogens is 323 g/mol. The summed E-state index contributed by atoms with van der Waals surface area (Å²) in [5.41, 5.74) is 0. The van der Waals surface area contributed by atoms with Crippen LogP contribution in [0.2, 0.25) is 0 Å². The second kappa shape index (κ2) is 6.78. The van der Waals surface area contributed by atoms with E-state index >= 15 is 0 Å². The van der Waals surface area contributed by atoms with Crippen LogP contribution in [0, 0.1) is 0 Å². The van der Waals surface area contributed by atoms with Gasteiger partial charge in [-0.2, -0.15) is 17.5 Å². The van der Waals surface area contributed by atoms with Crippen molar-refractivity contribution in [2.45, 2.75) is 31.5 Å². The van der Waals surface area contributed by atoms with Gasteiger partial charge in [-0.05, 0) is 12.8 Å². The van der Waals surface area contributed by atoms with Crippen molar-refractivity contribution in [2.75, 3.05) is 18.8 Å². The van der Waals surface area contributed by atoms with Gasteiger partial charge in [-0.15, -0.1) is 0 Å². The van der Waals surface area contributed by atoms with E-state index in [2.05, 4.69) is 9.97 Å². The Kier molecular flexibility index (Phi) is 5.22. The van der Waals surface area contributed by atoms with E-state index < -0.39 is 34.5 Å². The first-order chi connectivity index (χ1) is 10.3. The third-order valence-corrected chi connectivity index (χ3v) is 5.06. The van der Waals surface area contributed by atoms with E-state index in [1.807, 2.05) is 0 Å². The zero-order valence-electron chi connectivity index (χ0n) is 11.7. The molecule has 2 rings (SSSR count). The molecule has 0 spiro atoms. The monoisotopic (exact) mass is 339 g/mol. The van der Waals surface area contributed by atoms with Crippen LogP contribution in [-0.4, -0.2) is 53.8 Å². The van der Waals surface area contributed by atoms with Gasteiger partial charge >= 0.3 is 6.18 Å². The van der Waals surface area contributed by atoms with Gasteiger partial charge in [0.05, 0.1) is 18.7 Å². The van der Waals surface area contributed by atoms with Crippen molar-refractivity contribution >= 4 is 10.0 Å². The molecule has 1 aromatic rings. The van der Waals surface area contributed by atoms with E-state index in [4.69, 9.17) is 4.74 Å². The molecule has 1 saturated heterocycles. The Balaban J connectivity index is 1.95. The van der Waals surface area contributed by atoms with E-state index in [1.54, 1.807) is 0 Å². The molecule has 1 atom stereocenters. The number of piperidine rings is 1. The summed E-state index contributed by atoms with van der Waals surface area (Å²) >= 11 is 0. The average Bonchev–Trinajstić information content (AvgIpc) is 2.46. The largest absolute Gasteiger partial charge is 0.473 e. The number of hydrogen-bond donors (Lipinski definition) is 0. The van der Waals surface area contributed by atoms with Crippen LogP contribution in [0.3, 0.4) is 0 Å². The summed E-state index contributed by atoms with van der Waals surface area (Å²) in [6, 6.07) is 1.54. The van der Waals surface area contributed by atoms with Crippen molar-refractivity contribution in [3.8, 4) is 5.88 Å². The Morgan fingerprint density at radius 2 is 2.18 bits per heavy atom. The lowest BCUT2D eigenvalue weighted by Crippen LogP contribution is -2.45. The van der Waals surface area contributed by atoms with Crippen molar-refractivity contribution in [3.63, 3.8) is 0 Å². The molecular formula is C12H16F3N3O3S. The highest BCUT2D eigenvalue weighted by Gasteiger charge is 2.34. The number of nitrogens with zero attached hydrogens (tertiary/aromatic N) is 3. The Labute approximate surface area is 126 Å². The quantitative estimate of drug-likeness (QED) is 0.815. The van der Waals surface area contributed by atoms with Crippen LogP contribution in [0.1, 0.15) is 19.3 Å². The first kappa shape index (κ1) is 16.9. The van der Waals surface area contributed by atoms with Crippen molar-refractivity contribution in [3.05, 3.63) is 18.6 Å². The number of alkyl halides is 3. The third kappa shape index (κ3) is 5.09. The van der Waals surface area contributed by atoms with Crippen LogP contribution in [0.15, 0.2) is 18.6 Å². The van der Waals surface area contributed by atoms with E-state index in [0.717, 1.165) is 4.31 Å². The third-order valence-electron chi connectivity index (χ3n) is 3.22. The normalized spacial score (nSPS) is 20.8. The zero-order chi connectivity index (χ0) is 16.2. The van der Waals surface area contributed by atoms with Crippen LogP contribution in [-0.2, 0) is 10.0 Å². The van der Waals surface area contributed by atoms with Gasteiger partial charge in [0.1, 0.15) is 12.4 Å². The lowest BCUT2D eigenvalue weighted by molar-refractivity contribution is -0.130. The first-order valence-electron chi connectivity index (χ1n) is 6.73. The van der Waals surface area contributed by atoms with Crippen molar-refractivity contribution < 1.29 is 26.3 Å². The van der Waals surface area contributed by atoms with E-state index in [-0.39, 0.29) is 13.1 Å². The number of ether oxygens (including phenoxy) is 1. The molecule has 0 amide bonds. The molecule has 1 aliphatic rings. The van der Waals surface area contributed by atoms with Crippen molar-refractivity contribution in [2.24, 2.45) is 0 Å². The number of sulfonamides is 1. The lowest BCUT2D eigenvalue weighted by atomic mass is 10.1. The summed E-state index contributed by atoms with van der Waals surface area (Å²) in [6.45, 7) is 0.244. The van der Waals surface area contributed by atoms with E-state index in [0.29, 0.717) is 18.7 Å². The molecule has 2 heterocycles. The minimum absolute atomic E-state index is 0.0319. The van der Waals surface area contributed by atoms with E-state index in [1.165, 1.54) is 18.6 Å². The Morgan fingerprint density at radius 3 is 2.82 bits per heavy atom. The molecule has 1 aromatic heterocycles. The molecule has 124 valence electrons. The molecule has 0 N–H and O–H groups in total. The van der Waals surface area contributed by atoms with Gasteiger partial charge in [0.25, 0.3) is 0 Å². The molecule has 0 aromatic carbocycles. The van der Waals surface area contributed by atoms with Gasteiger partial charge in [0, 0.05) is 18.8 Å². The predicted octanol–water partition coefficient (Wildman–Crippen LogP) is 1.60. The fourth-order valence-electron chi connectivity index (χ4n) is 2.15. The SMILES string of the molecule is O=S(=O)(CCC(F)(F)F)N1CCCC(Oc2ccncn2)C1. The van der Waals surface area contributed by atoms with Gasteiger partial charge in [-0.1, -0.05) is 0 Å². The van der Waals surface area contributed by atoms with Crippen molar-refractivity contribution in [1.29, 1.82) is 0 Å². The number of hydrogen-bond acceptors (Lipinski definition) is 5. The smallest absolute Gasteiger partial charge is 0.390 e. The number of rotatable bonds is 5. The van der Waals surface area contributed by atoms with Crippen LogP contribution >= 0.6 is 0 Å². The summed E-state index contributed by atoms with van der Waals surface area (Å²) in [4.78, 5) is 7.61. The summed E-state index contributed by atoms with van der Waals surface area (Å²) in [6.07, 6.45) is -2.32. The molecule has 0 bridgehead atoms. The van der Waals surface area contributed by atoms with Crippen LogP contribution in [0.25, 0.3) is 0 Å². The highest BCUT2D eigenvalue weighted by molar-refractivity contribution is 7.89. The summed E-state index contributed by atoms with van der Waals surface area (Å²) in [5.74, 6) is -0.619. The van der Waals surface area contributed by atoms with E-state index in [9.17, 15) is 21.6 Å². The molecule has 0 radical (unpaired) electrons. The average molecular weight is 339 g/mol. The highest BCUT2D eigenvalue weighted by atomic mass is 32.2. The minimum atomic E-state index is -4.49. The Morgan fingerprint density at radius 1 is 1.41 bits per heavy atom. The maximum absolute atomic E-state index is 12.2. The second-order valence-corrected chi connectivity index (χ2v) is 7.06. The molecule has 6 nitrogen and oxygen atoms in total. The minimum Gasteiger partial charge on any atom is -0.473 e. The van der Waals surface area contributed by atoms with Gasteiger partial charge in [-0.25, -0.2) is 18.4 Å². The second-order valence-electron chi connectivity index (χ2n) is 4.97. The maximum atomic E-state index is 12.2. The summed E-state index contributed by atoms with van der Waals surface area (Å²) < 4.78 is 67.1. The first-order valence-corrected chi connectivity index (χ1v) is 8.34. The standard InChI is InChI=1S/C12H16F3N3O3S/c13-12(14,15)4-7-22(19,20)18-6-1-2-10(8-18)21-11-3-5-16-9-17-11/h3,5,9-10H,1-2,4,6-8H2. The van der Waals surface area contributed by atoms with Gasteiger partial charge in [0.15, 0.2) is 0 Å². The van der Waals surface area contributed by atoms with Gasteiger partial charge < -0.3 is 4.74 Å². The maximum Gasteiger partial charge on any atom is 0.390 e. The van der Waals surface area contributed by atoms with Gasteiger partial charge in [-0.3, -0.25) is 0 Å². The fourth-order valence-corrected chi connectivity index (χ4v) is 3.69. The number of aromatic nitrogens is 2.